The summed E-state index contributed by atoms with van der Waals surface area (Å²) in [5.41, 5.74) is 0.792. The van der Waals surface area contributed by atoms with Crippen molar-refractivity contribution in [1.82, 2.24) is 4.98 Å². The van der Waals surface area contributed by atoms with Gasteiger partial charge in [-0.2, -0.15) is 0 Å². The minimum atomic E-state index is -4.92. The zero-order valence-electron chi connectivity index (χ0n) is 9.21. The molecule has 0 radical (unpaired) electrons. The van der Waals surface area contributed by atoms with Crippen molar-refractivity contribution in [3.8, 4) is 17.0 Å². The minimum Gasteiger partial charge on any atom is -0.403 e. The van der Waals surface area contributed by atoms with Crippen LogP contribution in [0.1, 0.15) is 0 Å². The normalized spacial score (nSPS) is 11.4. The maximum Gasteiger partial charge on any atom is 0.573 e. The van der Waals surface area contributed by atoms with Gasteiger partial charge in [-0.3, -0.25) is 4.98 Å². The number of benzene rings is 1. The molecule has 0 unspecified atom stereocenters. The van der Waals surface area contributed by atoms with Crippen LogP contribution in [0.4, 0.5) is 17.6 Å². The number of hydrogen-bond acceptors (Lipinski definition) is 2. The van der Waals surface area contributed by atoms with Crippen LogP contribution in [0.2, 0.25) is 0 Å². The molecule has 2 rings (SSSR count). The summed E-state index contributed by atoms with van der Waals surface area (Å²) in [5.74, 6) is -1.97. The summed E-state index contributed by atoms with van der Waals surface area (Å²) in [4.78, 5) is 4.00. The lowest BCUT2D eigenvalue weighted by atomic mass is 10.1. The maximum atomic E-state index is 13.5. The fourth-order valence-corrected chi connectivity index (χ4v) is 1.77. The van der Waals surface area contributed by atoms with Crippen LogP contribution in [-0.4, -0.2) is 11.3 Å². The first-order chi connectivity index (χ1) is 8.85. The van der Waals surface area contributed by atoms with Crippen molar-refractivity contribution in [2.75, 3.05) is 0 Å². The molecule has 1 aromatic heterocycles. The number of ether oxygens (including phenoxy) is 1. The van der Waals surface area contributed by atoms with Gasteiger partial charge in [-0.15, -0.1) is 13.2 Å². The Morgan fingerprint density at radius 2 is 1.84 bits per heavy atom. The number of halogens is 5. The van der Waals surface area contributed by atoms with Gasteiger partial charge in [0.2, 0.25) is 0 Å². The van der Waals surface area contributed by atoms with E-state index >= 15 is 0 Å². The van der Waals surface area contributed by atoms with E-state index in [4.69, 9.17) is 0 Å². The summed E-state index contributed by atoms with van der Waals surface area (Å²) in [6.07, 6.45) is -3.42. The van der Waals surface area contributed by atoms with Crippen molar-refractivity contribution in [1.29, 1.82) is 0 Å². The van der Waals surface area contributed by atoms with E-state index in [2.05, 4.69) is 25.7 Å². The quantitative estimate of drug-likeness (QED) is 0.751. The molecule has 0 fully saturated rings. The van der Waals surface area contributed by atoms with Gasteiger partial charge in [0.05, 0.1) is 5.69 Å². The van der Waals surface area contributed by atoms with Gasteiger partial charge in [0, 0.05) is 16.2 Å². The van der Waals surface area contributed by atoms with E-state index < -0.39 is 17.9 Å². The number of nitrogens with zero attached hydrogens (tertiary/aromatic N) is 1. The number of aromatic nitrogens is 1. The molecule has 0 saturated heterocycles. The Bertz CT molecular complexity index is 601. The van der Waals surface area contributed by atoms with Crippen molar-refractivity contribution < 1.29 is 22.3 Å². The maximum absolute atomic E-state index is 13.5. The highest BCUT2D eigenvalue weighted by Crippen LogP contribution is 2.29. The van der Waals surface area contributed by atoms with Crippen molar-refractivity contribution >= 4 is 15.9 Å². The second-order valence-electron chi connectivity index (χ2n) is 3.55. The molecule has 0 aliphatic heterocycles. The Kier molecular flexibility index (Phi) is 3.75. The Morgan fingerprint density at radius 1 is 1.11 bits per heavy atom. The van der Waals surface area contributed by atoms with Crippen LogP contribution in [0.5, 0.6) is 5.75 Å². The molecule has 0 aliphatic rings. The predicted molar refractivity (Wildman–Crippen MR) is 64.0 cm³/mol. The van der Waals surface area contributed by atoms with Crippen molar-refractivity contribution in [2.45, 2.75) is 6.36 Å². The molecule has 0 N–H and O–H groups in total. The van der Waals surface area contributed by atoms with Crippen LogP contribution < -0.4 is 4.74 Å². The first kappa shape index (κ1) is 13.8. The van der Waals surface area contributed by atoms with Crippen molar-refractivity contribution in [3.63, 3.8) is 0 Å². The zero-order valence-corrected chi connectivity index (χ0v) is 10.8. The topological polar surface area (TPSA) is 22.1 Å². The Balaban J connectivity index is 2.34. The van der Waals surface area contributed by atoms with Crippen LogP contribution in [0, 0.1) is 5.82 Å². The highest BCUT2D eigenvalue weighted by molar-refractivity contribution is 9.10. The summed E-state index contributed by atoms with van der Waals surface area (Å²) in [5, 5.41) is 0. The molecule has 0 amide bonds. The van der Waals surface area contributed by atoms with E-state index in [1.54, 1.807) is 12.1 Å². The smallest absolute Gasteiger partial charge is 0.403 e. The van der Waals surface area contributed by atoms with Crippen LogP contribution >= 0.6 is 15.9 Å². The summed E-state index contributed by atoms with van der Waals surface area (Å²) < 4.78 is 53.7. The Labute approximate surface area is 114 Å². The molecule has 1 heterocycles. The predicted octanol–water partition coefficient (Wildman–Crippen LogP) is 4.55. The number of alkyl halides is 3. The standard InChI is InChI=1S/C12H6BrF4NO/c13-8-3-4-18-10(6-8)7-1-2-11(9(14)5-7)19-12(15,16)17/h1-6H. The molecular weight excluding hydrogens is 330 g/mol. The van der Waals surface area contributed by atoms with Gasteiger partial charge in [-0.1, -0.05) is 15.9 Å². The Morgan fingerprint density at radius 3 is 2.42 bits per heavy atom. The molecule has 1 aromatic carbocycles. The molecule has 0 saturated carbocycles. The lowest BCUT2D eigenvalue weighted by Crippen LogP contribution is -2.17. The number of rotatable bonds is 2. The molecule has 0 spiro atoms. The molecule has 0 aliphatic carbocycles. The third kappa shape index (κ3) is 3.66. The van der Waals surface area contributed by atoms with Gasteiger partial charge < -0.3 is 4.74 Å². The molecule has 2 nitrogen and oxygen atoms in total. The fourth-order valence-electron chi connectivity index (χ4n) is 1.43. The fraction of sp³-hybridized carbons (Fsp3) is 0.0833. The third-order valence-electron chi connectivity index (χ3n) is 2.18. The molecule has 100 valence electrons. The average Bonchev–Trinajstić information content (AvgIpc) is 2.30. The summed E-state index contributed by atoms with van der Waals surface area (Å²) in [6, 6.07) is 6.47. The summed E-state index contributed by atoms with van der Waals surface area (Å²) in [7, 11) is 0. The average molecular weight is 336 g/mol. The molecule has 0 bridgehead atoms. The van der Waals surface area contributed by atoms with Crippen LogP contribution in [0.3, 0.4) is 0 Å². The molecule has 0 atom stereocenters. The van der Waals surface area contributed by atoms with E-state index in [9.17, 15) is 17.6 Å². The van der Waals surface area contributed by atoms with Gasteiger partial charge in [0.25, 0.3) is 0 Å². The van der Waals surface area contributed by atoms with Gasteiger partial charge in [-0.05, 0) is 30.3 Å². The molecular formula is C12H6BrF4NO. The molecule has 19 heavy (non-hydrogen) atoms. The number of hydrogen-bond donors (Lipinski definition) is 0. The van der Waals surface area contributed by atoms with Crippen molar-refractivity contribution in [2.24, 2.45) is 0 Å². The Hall–Kier alpha value is -1.63. The molecule has 7 heteroatoms. The SMILES string of the molecule is Fc1cc(-c2cc(Br)ccn2)ccc1OC(F)(F)F. The first-order valence-electron chi connectivity index (χ1n) is 5.02. The highest BCUT2D eigenvalue weighted by Gasteiger charge is 2.32. The molecule has 2 aromatic rings. The van der Waals surface area contributed by atoms with Crippen molar-refractivity contribution in [3.05, 3.63) is 46.8 Å². The van der Waals surface area contributed by atoms with E-state index in [1.807, 2.05) is 0 Å². The van der Waals surface area contributed by atoms with E-state index in [-0.39, 0.29) is 0 Å². The van der Waals surface area contributed by atoms with Gasteiger partial charge in [0.1, 0.15) is 0 Å². The van der Waals surface area contributed by atoms with E-state index in [0.29, 0.717) is 11.3 Å². The second-order valence-corrected chi connectivity index (χ2v) is 4.47. The van der Waals surface area contributed by atoms with E-state index in [1.165, 1.54) is 12.3 Å². The van der Waals surface area contributed by atoms with E-state index in [0.717, 1.165) is 16.6 Å². The lowest BCUT2D eigenvalue weighted by Gasteiger charge is -2.10. The summed E-state index contributed by atoms with van der Waals surface area (Å²) >= 11 is 3.22. The lowest BCUT2D eigenvalue weighted by molar-refractivity contribution is -0.275. The zero-order chi connectivity index (χ0) is 14.0. The van der Waals surface area contributed by atoms with Gasteiger partial charge in [0.15, 0.2) is 11.6 Å². The highest BCUT2D eigenvalue weighted by atomic mass is 79.9. The minimum absolute atomic E-state index is 0.355. The van der Waals surface area contributed by atoms with Gasteiger partial charge >= 0.3 is 6.36 Å². The monoisotopic (exact) mass is 335 g/mol. The van der Waals surface area contributed by atoms with Crippen LogP contribution in [0.15, 0.2) is 41.0 Å². The first-order valence-corrected chi connectivity index (χ1v) is 5.82. The van der Waals surface area contributed by atoms with Gasteiger partial charge in [-0.25, -0.2) is 4.39 Å². The van der Waals surface area contributed by atoms with Crippen LogP contribution in [0.25, 0.3) is 11.3 Å². The second kappa shape index (κ2) is 5.16. The summed E-state index contributed by atoms with van der Waals surface area (Å²) in [6.45, 7) is 0. The third-order valence-corrected chi connectivity index (χ3v) is 2.67. The number of pyridine rings is 1. The van der Waals surface area contributed by atoms with Crippen LogP contribution in [-0.2, 0) is 0 Å². The largest absolute Gasteiger partial charge is 0.573 e.